The Labute approximate surface area is 129 Å². The summed E-state index contributed by atoms with van der Waals surface area (Å²) in [4.78, 5) is 5.96. The first-order valence-corrected chi connectivity index (χ1v) is 8.35. The second kappa shape index (κ2) is 5.85. The van der Waals surface area contributed by atoms with E-state index in [1.165, 1.54) is 23.8 Å². The lowest BCUT2D eigenvalue weighted by molar-refractivity contribution is 0.630. The summed E-state index contributed by atoms with van der Waals surface area (Å²) in [5.41, 5.74) is 2.79. The van der Waals surface area contributed by atoms with Crippen molar-refractivity contribution in [3.05, 3.63) is 40.2 Å². The zero-order valence-corrected chi connectivity index (χ0v) is 13.6. The highest BCUT2D eigenvalue weighted by Gasteiger charge is 2.23. The molecule has 1 saturated carbocycles. The lowest BCUT2D eigenvalue weighted by atomic mass is 10.1. The number of halogens is 1. The highest BCUT2D eigenvalue weighted by molar-refractivity contribution is 7.15. The number of rotatable bonds is 5. The SMILES string of the molecule is Cc1ccc(F)c(-c2nc(C(C)C)c(CNC3CC3)s2)c1. The van der Waals surface area contributed by atoms with Crippen molar-refractivity contribution in [2.75, 3.05) is 0 Å². The second-order valence-corrected chi connectivity index (χ2v) is 7.20. The molecule has 0 atom stereocenters. The van der Waals surface area contributed by atoms with Gasteiger partial charge in [0.2, 0.25) is 0 Å². The number of hydrogen-bond acceptors (Lipinski definition) is 3. The summed E-state index contributed by atoms with van der Waals surface area (Å²) in [6, 6.07) is 5.89. The molecule has 0 spiro atoms. The average molecular weight is 304 g/mol. The standard InChI is InChI=1S/C17H21FN2S/c1-10(2)16-15(9-19-12-5-6-12)21-17(20-16)13-8-11(3)4-7-14(13)18/h4,7-8,10,12,19H,5-6,9H2,1-3H3. The third kappa shape index (κ3) is 3.33. The molecule has 0 unspecified atom stereocenters. The topological polar surface area (TPSA) is 24.9 Å². The Kier molecular flexibility index (Phi) is 4.09. The molecule has 2 aromatic rings. The number of aromatic nitrogens is 1. The van der Waals surface area contributed by atoms with Crippen molar-refractivity contribution in [2.45, 2.75) is 52.1 Å². The van der Waals surface area contributed by atoms with E-state index in [9.17, 15) is 4.39 Å². The zero-order chi connectivity index (χ0) is 15.0. The van der Waals surface area contributed by atoms with Crippen molar-refractivity contribution in [1.82, 2.24) is 10.3 Å². The quantitative estimate of drug-likeness (QED) is 0.871. The van der Waals surface area contributed by atoms with Crippen LogP contribution in [0, 0.1) is 12.7 Å². The number of hydrogen-bond donors (Lipinski definition) is 1. The first-order chi connectivity index (χ1) is 10.0. The lowest BCUT2D eigenvalue weighted by Crippen LogP contribution is -2.15. The Balaban J connectivity index is 1.94. The van der Waals surface area contributed by atoms with E-state index in [4.69, 9.17) is 4.98 Å². The van der Waals surface area contributed by atoms with Crippen LogP contribution < -0.4 is 5.32 Å². The number of thiazole rings is 1. The molecule has 0 amide bonds. The Hall–Kier alpha value is -1.26. The van der Waals surface area contributed by atoms with Crippen LogP contribution in [-0.2, 0) is 6.54 Å². The number of aryl methyl sites for hydroxylation is 1. The van der Waals surface area contributed by atoms with E-state index in [0.717, 1.165) is 22.8 Å². The van der Waals surface area contributed by atoms with Gasteiger partial charge in [-0.2, -0.15) is 0 Å². The maximum Gasteiger partial charge on any atom is 0.133 e. The summed E-state index contributed by atoms with van der Waals surface area (Å²) in [7, 11) is 0. The normalized spacial score (nSPS) is 14.9. The maximum atomic E-state index is 14.1. The summed E-state index contributed by atoms with van der Waals surface area (Å²) < 4.78 is 14.1. The fourth-order valence-corrected chi connectivity index (χ4v) is 3.57. The molecule has 3 rings (SSSR count). The Morgan fingerprint density at radius 1 is 1.38 bits per heavy atom. The van der Waals surface area contributed by atoms with Gasteiger partial charge in [0.15, 0.2) is 0 Å². The van der Waals surface area contributed by atoms with Crippen LogP contribution in [0.2, 0.25) is 0 Å². The van der Waals surface area contributed by atoms with Crippen molar-refractivity contribution >= 4 is 11.3 Å². The van der Waals surface area contributed by atoms with Crippen LogP contribution in [0.25, 0.3) is 10.6 Å². The molecule has 1 fully saturated rings. The van der Waals surface area contributed by atoms with Gasteiger partial charge in [0.25, 0.3) is 0 Å². The zero-order valence-electron chi connectivity index (χ0n) is 12.7. The highest BCUT2D eigenvalue weighted by atomic mass is 32.1. The van der Waals surface area contributed by atoms with E-state index in [2.05, 4.69) is 19.2 Å². The van der Waals surface area contributed by atoms with E-state index in [-0.39, 0.29) is 5.82 Å². The van der Waals surface area contributed by atoms with Gasteiger partial charge < -0.3 is 5.32 Å². The van der Waals surface area contributed by atoms with Gasteiger partial charge in [0, 0.05) is 23.0 Å². The van der Waals surface area contributed by atoms with E-state index in [1.807, 2.05) is 13.0 Å². The molecule has 0 radical (unpaired) electrons. The first kappa shape index (κ1) is 14.7. The molecule has 1 aromatic heterocycles. The molecule has 1 heterocycles. The molecule has 2 nitrogen and oxygen atoms in total. The minimum absolute atomic E-state index is 0.189. The Bertz CT molecular complexity index is 644. The molecule has 21 heavy (non-hydrogen) atoms. The molecule has 1 aromatic carbocycles. The van der Waals surface area contributed by atoms with Gasteiger partial charge in [-0.05, 0) is 37.8 Å². The minimum atomic E-state index is -0.189. The predicted molar refractivity (Wildman–Crippen MR) is 86.2 cm³/mol. The van der Waals surface area contributed by atoms with Crippen molar-refractivity contribution < 1.29 is 4.39 Å². The fourth-order valence-electron chi connectivity index (χ4n) is 2.38. The smallest absolute Gasteiger partial charge is 0.133 e. The van der Waals surface area contributed by atoms with Gasteiger partial charge in [0.05, 0.1) is 5.69 Å². The van der Waals surface area contributed by atoms with Gasteiger partial charge in [-0.1, -0.05) is 25.5 Å². The van der Waals surface area contributed by atoms with E-state index < -0.39 is 0 Å². The van der Waals surface area contributed by atoms with Gasteiger partial charge >= 0.3 is 0 Å². The molecule has 0 bridgehead atoms. The molecule has 1 aliphatic carbocycles. The van der Waals surface area contributed by atoms with Gasteiger partial charge in [-0.15, -0.1) is 11.3 Å². The van der Waals surface area contributed by atoms with E-state index in [0.29, 0.717) is 17.5 Å². The molecule has 4 heteroatoms. The molecule has 0 aliphatic heterocycles. The largest absolute Gasteiger partial charge is 0.309 e. The Morgan fingerprint density at radius 3 is 2.81 bits per heavy atom. The molecule has 1 N–H and O–H groups in total. The summed E-state index contributed by atoms with van der Waals surface area (Å²) in [6.45, 7) is 7.12. The van der Waals surface area contributed by atoms with E-state index in [1.54, 1.807) is 17.4 Å². The minimum Gasteiger partial charge on any atom is -0.309 e. The first-order valence-electron chi connectivity index (χ1n) is 7.54. The second-order valence-electron chi connectivity index (χ2n) is 6.12. The number of benzene rings is 1. The highest BCUT2D eigenvalue weighted by Crippen LogP contribution is 2.34. The van der Waals surface area contributed by atoms with E-state index >= 15 is 0 Å². The summed E-state index contributed by atoms with van der Waals surface area (Å²) >= 11 is 1.62. The average Bonchev–Trinajstić information content (AvgIpc) is 3.17. The molecular formula is C17H21FN2S. The van der Waals surface area contributed by atoms with Crippen molar-refractivity contribution in [1.29, 1.82) is 0 Å². The summed E-state index contributed by atoms with van der Waals surface area (Å²) in [6.07, 6.45) is 2.55. The van der Waals surface area contributed by atoms with Crippen LogP contribution in [0.4, 0.5) is 4.39 Å². The number of nitrogens with zero attached hydrogens (tertiary/aromatic N) is 1. The van der Waals surface area contributed by atoms with Crippen molar-refractivity contribution in [2.24, 2.45) is 0 Å². The van der Waals surface area contributed by atoms with Crippen LogP contribution in [0.3, 0.4) is 0 Å². The van der Waals surface area contributed by atoms with Crippen LogP contribution in [-0.4, -0.2) is 11.0 Å². The van der Waals surface area contributed by atoms with Crippen LogP contribution in [0.15, 0.2) is 18.2 Å². The third-order valence-electron chi connectivity index (χ3n) is 3.76. The van der Waals surface area contributed by atoms with Gasteiger partial charge in [-0.25, -0.2) is 9.37 Å². The van der Waals surface area contributed by atoms with Crippen LogP contribution >= 0.6 is 11.3 Å². The maximum absolute atomic E-state index is 14.1. The molecule has 112 valence electrons. The van der Waals surface area contributed by atoms with Crippen LogP contribution in [0.5, 0.6) is 0 Å². The van der Waals surface area contributed by atoms with Crippen LogP contribution in [0.1, 0.15) is 48.7 Å². The summed E-state index contributed by atoms with van der Waals surface area (Å²) in [5, 5.41) is 4.33. The fraction of sp³-hybridized carbons (Fsp3) is 0.471. The Morgan fingerprint density at radius 2 is 2.14 bits per heavy atom. The van der Waals surface area contributed by atoms with Gasteiger partial charge in [0.1, 0.15) is 10.8 Å². The monoisotopic (exact) mass is 304 g/mol. The van der Waals surface area contributed by atoms with Gasteiger partial charge in [-0.3, -0.25) is 0 Å². The molecule has 0 saturated heterocycles. The predicted octanol–water partition coefficient (Wildman–Crippen LogP) is 4.63. The third-order valence-corrected chi connectivity index (χ3v) is 4.86. The number of nitrogens with one attached hydrogen (secondary N) is 1. The van der Waals surface area contributed by atoms with Crippen molar-refractivity contribution in [3.8, 4) is 10.6 Å². The molecule has 1 aliphatic rings. The summed E-state index contributed by atoms with van der Waals surface area (Å²) in [5.74, 6) is 0.172. The lowest BCUT2D eigenvalue weighted by Gasteiger charge is -2.05. The van der Waals surface area contributed by atoms with Crippen molar-refractivity contribution in [3.63, 3.8) is 0 Å². The molecular weight excluding hydrogens is 283 g/mol.